The molecule has 2 saturated heterocycles. The van der Waals surface area contributed by atoms with Crippen LogP contribution in [0.15, 0.2) is 30.3 Å². The van der Waals surface area contributed by atoms with Gasteiger partial charge in [-0.3, -0.25) is 0 Å². The third kappa shape index (κ3) is 4.81. The van der Waals surface area contributed by atoms with Crippen molar-refractivity contribution in [2.45, 2.75) is 89.7 Å². The predicted molar refractivity (Wildman–Crippen MR) is 107 cm³/mol. The van der Waals surface area contributed by atoms with Crippen LogP contribution in [-0.4, -0.2) is 45.3 Å². The first-order chi connectivity index (χ1) is 12.5. The van der Waals surface area contributed by atoms with Crippen LogP contribution in [0.1, 0.15) is 40.2 Å². The van der Waals surface area contributed by atoms with Crippen molar-refractivity contribution < 1.29 is 23.4 Å². The summed E-state index contributed by atoms with van der Waals surface area (Å²) in [5.41, 5.74) is 1.13. The Hall–Kier alpha value is -0.763. The van der Waals surface area contributed by atoms with Crippen LogP contribution in [0.2, 0.25) is 18.1 Å². The molecule has 2 fully saturated rings. The molecule has 0 spiro atoms. The summed E-state index contributed by atoms with van der Waals surface area (Å²) in [6.07, 6.45) is -1.07. The molecule has 2 heterocycles. The summed E-state index contributed by atoms with van der Waals surface area (Å²) < 4.78 is 30.8. The quantitative estimate of drug-likeness (QED) is 0.666. The first kappa shape index (κ1) is 21.0. The summed E-state index contributed by atoms with van der Waals surface area (Å²) in [4.78, 5) is 0. The van der Waals surface area contributed by atoms with Gasteiger partial charge >= 0.3 is 0 Å². The Labute approximate surface area is 164 Å². The van der Waals surface area contributed by atoms with E-state index in [4.69, 9.17) is 23.4 Å². The molecule has 6 heteroatoms. The minimum Gasteiger partial charge on any atom is -0.414 e. The van der Waals surface area contributed by atoms with Crippen molar-refractivity contribution in [1.29, 1.82) is 0 Å². The molecule has 0 bridgehead atoms. The molecule has 0 aromatic heterocycles. The second-order valence-corrected chi connectivity index (χ2v) is 14.3. The lowest BCUT2D eigenvalue weighted by Gasteiger charge is -2.37. The highest BCUT2D eigenvalue weighted by Gasteiger charge is 2.55. The maximum Gasteiger partial charge on any atom is 0.192 e. The van der Waals surface area contributed by atoms with Gasteiger partial charge < -0.3 is 23.4 Å². The van der Waals surface area contributed by atoms with Crippen molar-refractivity contribution in [2.24, 2.45) is 0 Å². The monoisotopic (exact) mass is 394 g/mol. The molecular formula is C21H34O5Si. The van der Waals surface area contributed by atoms with Gasteiger partial charge in [0.25, 0.3) is 0 Å². The molecule has 0 radical (unpaired) electrons. The van der Waals surface area contributed by atoms with E-state index in [2.05, 4.69) is 46.0 Å². The van der Waals surface area contributed by atoms with Gasteiger partial charge in [0.15, 0.2) is 20.4 Å². The van der Waals surface area contributed by atoms with Gasteiger partial charge in [-0.2, -0.15) is 0 Å². The standard InChI is InChI=1S/C21H34O5Si/c1-20(2,3)27(6,7)23-14-16-17(22-13-15-11-9-8-10-12-15)18-19(24-16)26-21(4,5)25-18/h8-12,16-19H,13-14H2,1-7H3/t16-,17+,18-,19-/m1/s1. The fourth-order valence-electron chi connectivity index (χ4n) is 3.16. The topological polar surface area (TPSA) is 46.2 Å². The van der Waals surface area contributed by atoms with Gasteiger partial charge in [-0.05, 0) is 37.5 Å². The van der Waals surface area contributed by atoms with Crippen LogP contribution in [0.4, 0.5) is 0 Å². The van der Waals surface area contributed by atoms with E-state index < -0.39 is 20.4 Å². The minimum absolute atomic E-state index is 0.150. The SMILES string of the molecule is CC1(C)O[C@H]2O[C@H](CO[Si](C)(C)C(C)(C)C)[C@H](OCc3ccccc3)[C@H]2O1. The van der Waals surface area contributed by atoms with E-state index in [9.17, 15) is 0 Å². The molecule has 1 aromatic carbocycles. The fourth-order valence-corrected chi connectivity index (χ4v) is 4.17. The lowest BCUT2D eigenvalue weighted by atomic mass is 10.1. The minimum atomic E-state index is -1.87. The van der Waals surface area contributed by atoms with Gasteiger partial charge in [-0.25, -0.2) is 0 Å². The highest BCUT2D eigenvalue weighted by molar-refractivity contribution is 6.74. The third-order valence-electron chi connectivity index (χ3n) is 5.79. The number of hydrogen-bond donors (Lipinski definition) is 0. The number of fused-ring (bicyclic) bond motifs is 1. The van der Waals surface area contributed by atoms with Crippen molar-refractivity contribution >= 4 is 8.32 Å². The Balaban J connectivity index is 1.68. The molecule has 2 aliphatic rings. The van der Waals surface area contributed by atoms with Crippen molar-refractivity contribution in [3.8, 4) is 0 Å². The molecular weight excluding hydrogens is 360 g/mol. The number of rotatable bonds is 6. The Morgan fingerprint density at radius 3 is 2.37 bits per heavy atom. The second kappa shape index (κ2) is 7.58. The maximum absolute atomic E-state index is 6.40. The molecule has 5 nitrogen and oxygen atoms in total. The van der Waals surface area contributed by atoms with Crippen LogP contribution in [0, 0.1) is 0 Å². The Morgan fingerprint density at radius 2 is 1.74 bits per heavy atom. The summed E-state index contributed by atoms with van der Waals surface area (Å²) >= 11 is 0. The predicted octanol–water partition coefficient (Wildman–Crippen LogP) is 4.47. The molecule has 4 atom stereocenters. The largest absolute Gasteiger partial charge is 0.414 e. The summed E-state index contributed by atoms with van der Waals surface area (Å²) in [6, 6.07) is 10.2. The maximum atomic E-state index is 6.40. The lowest BCUT2D eigenvalue weighted by molar-refractivity contribution is -0.222. The van der Waals surface area contributed by atoms with E-state index in [0.29, 0.717) is 13.2 Å². The first-order valence-electron chi connectivity index (χ1n) is 9.79. The van der Waals surface area contributed by atoms with Crippen LogP contribution in [0.5, 0.6) is 0 Å². The fraction of sp³-hybridized carbons (Fsp3) is 0.714. The lowest BCUT2D eigenvalue weighted by Crippen LogP contribution is -2.45. The van der Waals surface area contributed by atoms with E-state index in [1.807, 2.05) is 32.0 Å². The molecule has 0 unspecified atom stereocenters. The van der Waals surface area contributed by atoms with Gasteiger partial charge in [0.05, 0.1) is 13.2 Å². The van der Waals surface area contributed by atoms with Gasteiger partial charge in [0, 0.05) is 0 Å². The molecule has 0 N–H and O–H groups in total. The van der Waals surface area contributed by atoms with Crippen molar-refractivity contribution in [3.63, 3.8) is 0 Å². The number of benzene rings is 1. The first-order valence-corrected chi connectivity index (χ1v) is 12.7. The Kier molecular flexibility index (Phi) is 5.88. The zero-order chi connectivity index (χ0) is 19.9. The highest BCUT2D eigenvalue weighted by Crippen LogP contribution is 2.41. The summed E-state index contributed by atoms with van der Waals surface area (Å²) in [5.74, 6) is -0.658. The van der Waals surface area contributed by atoms with E-state index in [-0.39, 0.29) is 23.4 Å². The van der Waals surface area contributed by atoms with E-state index >= 15 is 0 Å². The van der Waals surface area contributed by atoms with Crippen molar-refractivity contribution in [3.05, 3.63) is 35.9 Å². The summed E-state index contributed by atoms with van der Waals surface area (Å²) in [7, 11) is -1.87. The van der Waals surface area contributed by atoms with E-state index in [1.165, 1.54) is 0 Å². The van der Waals surface area contributed by atoms with E-state index in [0.717, 1.165) is 5.56 Å². The second-order valence-electron chi connectivity index (χ2n) is 9.48. The third-order valence-corrected chi connectivity index (χ3v) is 10.3. The van der Waals surface area contributed by atoms with Gasteiger partial charge in [0.1, 0.15) is 18.3 Å². The van der Waals surface area contributed by atoms with Crippen LogP contribution < -0.4 is 0 Å². The molecule has 152 valence electrons. The molecule has 0 aliphatic carbocycles. The molecule has 1 aromatic rings. The zero-order valence-electron chi connectivity index (χ0n) is 17.7. The average molecular weight is 395 g/mol. The van der Waals surface area contributed by atoms with E-state index in [1.54, 1.807) is 0 Å². The molecule has 27 heavy (non-hydrogen) atoms. The average Bonchev–Trinajstić information content (AvgIpc) is 3.02. The van der Waals surface area contributed by atoms with Gasteiger partial charge in [0.2, 0.25) is 0 Å². The van der Waals surface area contributed by atoms with Crippen LogP contribution in [-0.2, 0) is 30.0 Å². The smallest absolute Gasteiger partial charge is 0.192 e. The van der Waals surface area contributed by atoms with Gasteiger partial charge in [-0.15, -0.1) is 0 Å². The molecule has 2 aliphatic heterocycles. The Morgan fingerprint density at radius 1 is 1.07 bits per heavy atom. The van der Waals surface area contributed by atoms with Crippen LogP contribution in [0.3, 0.4) is 0 Å². The number of hydrogen-bond acceptors (Lipinski definition) is 5. The highest BCUT2D eigenvalue weighted by atomic mass is 28.4. The molecule has 0 saturated carbocycles. The normalized spacial score (nSPS) is 30.5. The number of ether oxygens (including phenoxy) is 4. The molecule has 3 rings (SSSR count). The summed E-state index contributed by atoms with van der Waals surface area (Å²) in [5, 5.41) is 0.150. The van der Waals surface area contributed by atoms with Crippen LogP contribution in [0.25, 0.3) is 0 Å². The van der Waals surface area contributed by atoms with Gasteiger partial charge in [-0.1, -0.05) is 51.1 Å². The van der Waals surface area contributed by atoms with Crippen LogP contribution >= 0.6 is 0 Å². The summed E-state index contributed by atoms with van der Waals surface area (Å²) in [6.45, 7) is 16.0. The molecule has 0 amide bonds. The van der Waals surface area contributed by atoms with Crippen molar-refractivity contribution in [1.82, 2.24) is 0 Å². The van der Waals surface area contributed by atoms with Crippen molar-refractivity contribution in [2.75, 3.05) is 6.61 Å². The Bertz CT molecular complexity index is 625. The zero-order valence-corrected chi connectivity index (χ0v) is 18.7.